The third-order valence-electron chi connectivity index (χ3n) is 3.24. The zero-order valence-corrected chi connectivity index (χ0v) is 10.6. The Kier molecular flexibility index (Phi) is 4.41. The molecule has 0 fully saturated rings. The molecule has 0 saturated carbocycles. The highest BCUT2D eigenvalue weighted by Crippen LogP contribution is 2.35. The van der Waals surface area contributed by atoms with Crippen molar-refractivity contribution in [3.05, 3.63) is 23.8 Å². The lowest BCUT2D eigenvalue weighted by atomic mass is 10.0. The summed E-state index contributed by atoms with van der Waals surface area (Å²) < 4.78 is 10.7. The molecule has 0 spiro atoms. The molecule has 3 N–H and O–H groups in total. The summed E-state index contributed by atoms with van der Waals surface area (Å²) in [6.45, 7) is 4.44. The maximum absolute atomic E-state index is 9.09. The summed E-state index contributed by atoms with van der Waals surface area (Å²) in [5, 5.41) is 9.09. The topological polar surface area (TPSA) is 68.0 Å². The summed E-state index contributed by atoms with van der Waals surface area (Å²) in [7, 11) is 0. The van der Waals surface area contributed by atoms with Gasteiger partial charge < -0.3 is 20.3 Å². The quantitative estimate of drug-likeness (QED) is 0.781. The first-order valence-corrected chi connectivity index (χ1v) is 6.24. The lowest BCUT2D eigenvalue weighted by molar-refractivity contribution is 0.159. The minimum absolute atomic E-state index is 0.0941. The lowest BCUT2D eigenvalue weighted by Crippen LogP contribution is -2.35. The van der Waals surface area contributed by atoms with Crippen molar-refractivity contribution in [1.82, 2.24) is 4.90 Å². The number of hydrogen-bond donors (Lipinski definition) is 2. The Balaban J connectivity index is 2.21. The smallest absolute Gasteiger partial charge is 0.231 e. The summed E-state index contributed by atoms with van der Waals surface area (Å²) in [6.07, 6.45) is 0. The molecule has 1 aromatic carbocycles. The fraction of sp³-hybridized carbons (Fsp3) is 0.538. The van der Waals surface area contributed by atoms with Crippen LogP contribution in [0, 0.1) is 0 Å². The van der Waals surface area contributed by atoms with Crippen molar-refractivity contribution in [3.63, 3.8) is 0 Å². The Morgan fingerprint density at radius 2 is 2.17 bits per heavy atom. The van der Waals surface area contributed by atoms with Gasteiger partial charge in [0, 0.05) is 19.1 Å². The van der Waals surface area contributed by atoms with Crippen molar-refractivity contribution >= 4 is 0 Å². The van der Waals surface area contributed by atoms with E-state index in [-0.39, 0.29) is 19.4 Å². The number of nitrogens with zero attached hydrogens (tertiary/aromatic N) is 1. The van der Waals surface area contributed by atoms with Gasteiger partial charge in [0.15, 0.2) is 11.5 Å². The Morgan fingerprint density at radius 3 is 2.83 bits per heavy atom. The number of ether oxygens (including phenoxy) is 2. The Bertz CT molecular complexity index is 398. The van der Waals surface area contributed by atoms with E-state index in [1.54, 1.807) is 0 Å². The van der Waals surface area contributed by atoms with Gasteiger partial charge in [0.1, 0.15) is 0 Å². The molecule has 0 aromatic heterocycles. The zero-order chi connectivity index (χ0) is 13.0. The number of benzene rings is 1. The third kappa shape index (κ3) is 2.58. The first-order chi connectivity index (χ1) is 8.80. The third-order valence-corrected chi connectivity index (χ3v) is 3.24. The van der Waals surface area contributed by atoms with Gasteiger partial charge in [0.2, 0.25) is 6.79 Å². The first kappa shape index (κ1) is 13.1. The van der Waals surface area contributed by atoms with Gasteiger partial charge in [-0.3, -0.25) is 4.90 Å². The predicted octanol–water partition coefficient (Wildman–Crippen LogP) is 0.729. The van der Waals surface area contributed by atoms with Crippen LogP contribution in [0.25, 0.3) is 0 Å². The number of aliphatic hydroxyl groups excluding tert-OH is 1. The van der Waals surface area contributed by atoms with E-state index in [0.29, 0.717) is 13.1 Å². The zero-order valence-electron chi connectivity index (χ0n) is 10.6. The molecule has 5 nitrogen and oxygen atoms in total. The summed E-state index contributed by atoms with van der Waals surface area (Å²) in [5.41, 5.74) is 6.96. The summed E-state index contributed by atoms with van der Waals surface area (Å²) >= 11 is 0. The Morgan fingerprint density at radius 1 is 1.39 bits per heavy atom. The van der Waals surface area contributed by atoms with Gasteiger partial charge in [-0.15, -0.1) is 0 Å². The van der Waals surface area contributed by atoms with Crippen molar-refractivity contribution < 1.29 is 14.6 Å². The van der Waals surface area contributed by atoms with Crippen LogP contribution in [-0.2, 0) is 0 Å². The second-order valence-electron chi connectivity index (χ2n) is 4.22. The molecule has 2 rings (SSSR count). The highest BCUT2D eigenvalue weighted by atomic mass is 16.7. The van der Waals surface area contributed by atoms with Crippen LogP contribution >= 0.6 is 0 Å². The van der Waals surface area contributed by atoms with Gasteiger partial charge in [-0.2, -0.15) is 0 Å². The normalized spacial score (nSPS) is 15.1. The molecule has 0 saturated heterocycles. The van der Waals surface area contributed by atoms with Crippen molar-refractivity contribution in [2.45, 2.75) is 13.0 Å². The predicted molar refractivity (Wildman–Crippen MR) is 68.7 cm³/mol. The molecule has 0 bridgehead atoms. The van der Waals surface area contributed by atoms with E-state index in [1.165, 1.54) is 0 Å². The van der Waals surface area contributed by atoms with Crippen molar-refractivity contribution in [1.29, 1.82) is 0 Å². The molecule has 1 atom stereocenters. The van der Waals surface area contributed by atoms with Gasteiger partial charge in [0.25, 0.3) is 0 Å². The van der Waals surface area contributed by atoms with E-state index >= 15 is 0 Å². The van der Waals surface area contributed by atoms with Gasteiger partial charge in [-0.1, -0.05) is 13.0 Å². The van der Waals surface area contributed by atoms with Crippen molar-refractivity contribution in [2.24, 2.45) is 5.73 Å². The average Bonchev–Trinajstić information content (AvgIpc) is 2.86. The van der Waals surface area contributed by atoms with E-state index in [4.69, 9.17) is 20.3 Å². The second kappa shape index (κ2) is 6.04. The van der Waals surface area contributed by atoms with E-state index in [0.717, 1.165) is 23.6 Å². The molecular formula is C13H20N2O3. The highest BCUT2D eigenvalue weighted by Gasteiger charge is 2.21. The molecule has 18 heavy (non-hydrogen) atoms. The average molecular weight is 252 g/mol. The fourth-order valence-electron chi connectivity index (χ4n) is 2.28. The molecule has 1 aromatic rings. The van der Waals surface area contributed by atoms with E-state index in [9.17, 15) is 0 Å². The molecule has 0 aliphatic carbocycles. The van der Waals surface area contributed by atoms with E-state index < -0.39 is 0 Å². The van der Waals surface area contributed by atoms with Crippen LogP contribution in [0.2, 0.25) is 0 Å². The molecule has 1 aliphatic rings. The van der Waals surface area contributed by atoms with Crippen molar-refractivity contribution in [2.75, 3.05) is 33.0 Å². The molecular weight excluding hydrogens is 232 g/mol. The van der Waals surface area contributed by atoms with Crippen LogP contribution in [0.1, 0.15) is 18.5 Å². The van der Waals surface area contributed by atoms with Crippen LogP contribution < -0.4 is 15.2 Å². The van der Waals surface area contributed by atoms with Crippen molar-refractivity contribution in [3.8, 4) is 11.5 Å². The van der Waals surface area contributed by atoms with Gasteiger partial charge in [-0.25, -0.2) is 0 Å². The maximum atomic E-state index is 9.09. The maximum Gasteiger partial charge on any atom is 0.231 e. The summed E-state index contributed by atoms with van der Waals surface area (Å²) in [4.78, 5) is 2.15. The number of nitrogens with two attached hydrogens (primary N) is 1. The minimum Gasteiger partial charge on any atom is -0.454 e. The standard InChI is InChI=1S/C13H20N2O3/c1-2-15(5-6-16)11(8-14)10-3-4-12-13(7-10)18-9-17-12/h3-4,7,11,16H,2,5-6,8-9,14H2,1H3. The second-order valence-corrected chi connectivity index (χ2v) is 4.22. The number of likely N-dealkylation sites (N-methyl/N-ethyl adjacent to an activating group) is 1. The number of aliphatic hydroxyl groups is 1. The highest BCUT2D eigenvalue weighted by molar-refractivity contribution is 5.45. The lowest BCUT2D eigenvalue weighted by Gasteiger charge is -2.29. The molecule has 5 heteroatoms. The summed E-state index contributed by atoms with van der Waals surface area (Å²) in [5.74, 6) is 1.55. The van der Waals surface area contributed by atoms with Crippen LogP contribution in [0.15, 0.2) is 18.2 Å². The molecule has 1 aliphatic heterocycles. The molecule has 0 radical (unpaired) electrons. The first-order valence-electron chi connectivity index (χ1n) is 6.24. The summed E-state index contributed by atoms with van der Waals surface area (Å²) in [6, 6.07) is 5.98. The number of rotatable bonds is 6. The van der Waals surface area contributed by atoms with Gasteiger partial charge in [0.05, 0.1) is 6.61 Å². The number of fused-ring (bicyclic) bond motifs is 1. The van der Waals surface area contributed by atoms with Gasteiger partial charge in [-0.05, 0) is 24.2 Å². The Hall–Kier alpha value is -1.30. The van der Waals surface area contributed by atoms with E-state index in [2.05, 4.69) is 11.8 Å². The molecule has 0 amide bonds. The minimum atomic E-state index is 0.0941. The molecule has 100 valence electrons. The molecule has 1 unspecified atom stereocenters. The number of hydrogen-bond acceptors (Lipinski definition) is 5. The SMILES string of the molecule is CCN(CCO)C(CN)c1ccc2c(c1)OCO2. The largest absolute Gasteiger partial charge is 0.454 e. The Labute approximate surface area is 107 Å². The van der Waals surface area contributed by atoms with Crippen LogP contribution in [0.5, 0.6) is 11.5 Å². The molecule has 1 heterocycles. The van der Waals surface area contributed by atoms with E-state index in [1.807, 2.05) is 18.2 Å². The van der Waals surface area contributed by atoms with Crippen LogP contribution in [0.4, 0.5) is 0 Å². The van der Waals surface area contributed by atoms with Gasteiger partial charge >= 0.3 is 0 Å². The van der Waals surface area contributed by atoms with Crippen LogP contribution in [-0.4, -0.2) is 43.0 Å². The fourth-order valence-corrected chi connectivity index (χ4v) is 2.28. The monoisotopic (exact) mass is 252 g/mol. The van der Waals surface area contributed by atoms with Crippen LogP contribution in [0.3, 0.4) is 0 Å².